The topological polar surface area (TPSA) is 57.2 Å². The van der Waals surface area contributed by atoms with E-state index >= 15 is 0 Å². The summed E-state index contributed by atoms with van der Waals surface area (Å²) in [5, 5.41) is 9.58. The molecule has 1 atom stereocenters. The summed E-state index contributed by atoms with van der Waals surface area (Å²) in [7, 11) is 0. The lowest BCUT2D eigenvalue weighted by molar-refractivity contribution is -0.0476. The molecule has 0 fully saturated rings. The molecular weight excluding hydrogens is 296 g/mol. The normalized spacial score (nSPS) is 13.7. The predicted molar refractivity (Wildman–Crippen MR) is 92.9 cm³/mol. The van der Waals surface area contributed by atoms with Crippen molar-refractivity contribution in [2.75, 3.05) is 46.2 Å². The van der Waals surface area contributed by atoms with Gasteiger partial charge in [0.25, 0.3) is 0 Å². The van der Waals surface area contributed by atoms with Crippen molar-refractivity contribution in [3.05, 3.63) is 0 Å². The first kappa shape index (κ1) is 22.8. The van der Waals surface area contributed by atoms with Gasteiger partial charge in [-0.1, -0.05) is 27.2 Å². The fourth-order valence-electron chi connectivity index (χ4n) is 1.87. The van der Waals surface area contributed by atoms with Crippen LogP contribution in [0.1, 0.15) is 53.9 Å². The van der Waals surface area contributed by atoms with Gasteiger partial charge in [0.15, 0.2) is 0 Å². The van der Waals surface area contributed by atoms with Crippen molar-refractivity contribution in [1.82, 2.24) is 0 Å². The maximum atomic E-state index is 9.58. The van der Waals surface area contributed by atoms with Crippen molar-refractivity contribution in [3.63, 3.8) is 0 Å². The average Bonchev–Trinajstić information content (AvgIpc) is 2.45. The summed E-state index contributed by atoms with van der Waals surface area (Å²) in [5.74, 6) is 0. The lowest BCUT2D eigenvalue weighted by Crippen LogP contribution is -2.24. The van der Waals surface area contributed by atoms with Gasteiger partial charge in [-0.25, -0.2) is 0 Å². The smallest absolute Gasteiger partial charge is 0.101 e. The van der Waals surface area contributed by atoms with Crippen molar-refractivity contribution < 1.29 is 24.1 Å². The molecule has 0 aliphatic rings. The van der Waals surface area contributed by atoms with Crippen LogP contribution >= 0.6 is 0 Å². The van der Waals surface area contributed by atoms with Gasteiger partial charge in [-0.3, -0.25) is 0 Å². The third-order valence-electron chi connectivity index (χ3n) is 3.14. The molecule has 5 nitrogen and oxygen atoms in total. The molecule has 23 heavy (non-hydrogen) atoms. The molecule has 0 aliphatic carbocycles. The van der Waals surface area contributed by atoms with Crippen LogP contribution < -0.4 is 0 Å². The zero-order chi connectivity index (χ0) is 17.6. The number of ether oxygens (including phenoxy) is 4. The molecular formula is C18H38O5. The maximum Gasteiger partial charge on any atom is 0.101 e. The van der Waals surface area contributed by atoms with Crippen molar-refractivity contribution >= 4 is 0 Å². The van der Waals surface area contributed by atoms with Crippen LogP contribution in [-0.2, 0) is 18.9 Å². The van der Waals surface area contributed by atoms with E-state index in [-0.39, 0.29) is 12.7 Å². The quantitative estimate of drug-likeness (QED) is 0.467. The van der Waals surface area contributed by atoms with E-state index in [9.17, 15) is 5.11 Å². The van der Waals surface area contributed by atoms with Gasteiger partial charge >= 0.3 is 0 Å². The zero-order valence-corrected chi connectivity index (χ0v) is 15.8. The Morgan fingerprint density at radius 2 is 1.35 bits per heavy atom. The largest absolute Gasteiger partial charge is 0.388 e. The third-order valence-corrected chi connectivity index (χ3v) is 3.14. The second-order valence-electron chi connectivity index (χ2n) is 7.35. The van der Waals surface area contributed by atoms with E-state index in [1.54, 1.807) is 0 Å². The molecule has 5 heteroatoms. The zero-order valence-electron chi connectivity index (χ0n) is 15.8. The van der Waals surface area contributed by atoms with Gasteiger partial charge in [0.05, 0.1) is 45.7 Å². The summed E-state index contributed by atoms with van der Waals surface area (Å²) < 4.78 is 21.6. The Balaban J connectivity index is 3.16. The van der Waals surface area contributed by atoms with Crippen molar-refractivity contribution in [2.45, 2.75) is 66.1 Å². The van der Waals surface area contributed by atoms with E-state index in [4.69, 9.17) is 18.9 Å². The van der Waals surface area contributed by atoms with Gasteiger partial charge in [-0.05, 0) is 32.1 Å². The summed E-state index contributed by atoms with van der Waals surface area (Å²) in [4.78, 5) is 0. The van der Waals surface area contributed by atoms with Gasteiger partial charge in [-0.15, -0.1) is 0 Å². The molecule has 0 radical (unpaired) electrons. The summed E-state index contributed by atoms with van der Waals surface area (Å²) in [5.41, 5.74) is 0.414. The standard InChI is InChI=1S/C18H38O5/c1-16(2)23-15-17(19)14-22-13-12-21-11-10-20-9-7-6-8-18(3,4)5/h16-17,19H,6-15H2,1-5H3. The molecule has 1 N–H and O–H groups in total. The third kappa shape index (κ3) is 19.8. The molecule has 0 saturated heterocycles. The minimum atomic E-state index is -0.575. The Morgan fingerprint density at radius 3 is 1.91 bits per heavy atom. The Kier molecular flexibility index (Phi) is 14.0. The monoisotopic (exact) mass is 334 g/mol. The summed E-state index contributed by atoms with van der Waals surface area (Å²) in [6.07, 6.45) is 3.10. The minimum Gasteiger partial charge on any atom is -0.388 e. The number of aliphatic hydroxyl groups excluding tert-OH is 1. The van der Waals surface area contributed by atoms with Crippen LogP contribution in [0.15, 0.2) is 0 Å². The van der Waals surface area contributed by atoms with Crippen molar-refractivity contribution in [3.8, 4) is 0 Å². The van der Waals surface area contributed by atoms with Crippen LogP contribution in [0.3, 0.4) is 0 Å². The highest BCUT2D eigenvalue weighted by atomic mass is 16.5. The second kappa shape index (κ2) is 14.2. The number of unbranched alkanes of at least 4 members (excludes halogenated alkanes) is 1. The second-order valence-corrected chi connectivity index (χ2v) is 7.35. The Morgan fingerprint density at radius 1 is 0.783 bits per heavy atom. The SMILES string of the molecule is CC(C)OCC(O)COCCOCCOCCCCC(C)(C)C. The molecule has 0 bridgehead atoms. The first-order chi connectivity index (χ1) is 10.8. The molecule has 0 spiro atoms. The van der Waals surface area contributed by atoms with Crippen molar-refractivity contribution in [1.29, 1.82) is 0 Å². The van der Waals surface area contributed by atoms with Gasteiger partial charge in [0.2, 0.25) is 0 Å². The van der Waals surface area contributed by atoms with Gasteiger partial charge < -0.3 is 24.1 Å². The van der Waals surface area contributed by atoms with Gasteiger partial charge in [0, 0.05) is 6.61 Å². The van der Waals surface area contributed by atoms with Crippen molar-refractivity contribution in [2.24, 2.45) is 5.41 Å². The Hall–Kier alpha value is -0.200. The van der Waals surface area contributed by atoms with Crippen LogP contribution in [0.25, 0.3) is 0 Å². The number of aliphatic hydroxyl groups is 1. The highest BCUT2D eigenvalue weighted by molar-refractivity contribution is 4.60. The molecule has 0 aromatic rings. The van der Waals surface area contributed by atoms with Crippen LogP contribution in [0, 0.1) is 5.41 Å². The molecule has 0 aromatic heterocycles. The highest BCUT2D eigenvalue weighted by Crippen LogP contribution is 2.21. The fraction of sp³-hybridized carbons (Fsp3) is 1.00. The van der Waals surface area contributed by atoms with Crippen LogP contribution in [-0.4, -0.2) is 63.6 Å². The summed E-state index contributed by atoms with van der Waals surface area (Å²) >= 11 is 0. The molecule has 0 aliphatic heterocycles. The molecule has 140 valence electrons. The molecule has 1 unspecified atom stereocenters. The molecule has 0 aromatic carbocycles. The lowest BCUT2D eigenvalue weighted by atomic mass is 9.90. The molecule has 0 heterocycles. The van der Waals surface area contributed by atoms with E-state index in [1.807, 2.05) is 13.8 Å². The molecule has 0 amide bonds. The lowest BCUT2D eigenvalue weighted by Gasteiger charge is -2.17. The van der Waals surface area contributed by atoms with E-state index < -0.39 is 6.10 Å². The van der Waals surface area contributed by atoms with Crippen LogP contribution in [0.2, 0.25) is 0 Å². The number of hydrogen-bond acceptors (Lipinski definition) is 5. The van der Waals surface area contributed by atoms with E-state index in [1.165, 1.54) is 12.8 Å². The van der Waals surface area contributed by atoms with Crippen LogP contribution in [0.5, 0.6) is 0 Å². The molecule has 0 rings (SSSR count). The first-order valence-corrected chi connectivity index (χ1v) is 8.84. The summed E-state index contributed by atoms with van der Waals surface area (Å²) in [6, 6.07) is 0. The number of rotatable bonds is 15. The Bertz CT molecular complexity index is 250. The highest BCUT2D eigenvalue weighted by Gasteiger charge is 2.08. The summed E-state index contributed by atoms with van der Waals surface area (Å²) in [6.45, 7) is 14.3. The van der Waals surface area contributed by atoms with E-state index in [0.29, 0.717) is 38.4 Å². The fourth-order valence-corrected chi connectivity index (χ4v) is 1.87. The van der Waals surface area contributed by atoms with E-state index in [2.05, 4.69) is 20.8 Å². The average molecular weight is 334 g/mol. The first-order valence-electron chi connectivity index (χ1n) is 8.84. The Labute approximate surface area is 142 Å². The molecule has 0 saturated carbocycles. The maximum absolute atomic E-state index is 9.58. The predicted octanol–water partition coefficient (Wildman–Crippen LogP) is 3.04. The number of hydrogen-bond donors (Lipinski definition) is 1. The van der Waals surface area contributed by atoms with Gasteiger partial charge in [0.1, 0.15) is 6.10 Å². The van der Waals surface area contributed by atoms with E-state index in [0.717, 1.165) is 13.0 Å². The van der Waals surface area contributed by atoms with Crippen LogP contribution in [0.4, 0.5) is 0 Å². The van der Waals surface area contributed by atoms with Gasteiger partial charge in [-0.2, -0.15) is 0 Å². The minimum absolute atomic E-state index is 0.126.